The van der Waals surface area contributed by atoms with Crippen molar-refractivity contribution in [3.63, 3.8) is 0 Å². The molecule has 1 aliphatic heterocycles. The first-order valence-corrected chi connectivity index (χ1v) is 7.11. The molecule has 6 nitrogen and oxygen atoms in total. The van der Waals surface area contributed by atoms with Crippen LogP contribution in [0.1, 0.15) is 12.6 Å². The molecule has 6 heteroatoms. The highest BCUT2D eigenvalue weighted by Gasteiger charge is 2.16. The first-order chi connectivity index (χ1) is 10.3. The predicted molar refractivity (Wildman–Crippen MR) is 79.3 cm³/mol. The molecule has 3 rings (SSSR count). The molecule has 1 N–H and O–H groups in total. The number of anilines is 1. The first kappa shape index (κ1) is 13.8. The van der Waals surface area contributed by atoms with Gasteiger partial charge in [-0.2, -0.15) is 0 Å². The Hall–Kier alpha value is -2.21. The van der Waals surface area contributed by atoms with Gasteiger partial charge in [-0.1, -0.05) is 6.92 Å². The van der Waals surface area contributed by atoms with Crippen molar-refractivity contribution >= 4 is 5.95 Å². The van der Waals surface area contributed by atoms with Gasteiger partial charge < -0.3 is 14.7 Å². The van der Waals surface area contributed by atoms with Gasteiger partial charge in [-0.15, -0.1) is 0 Å². The minimum absolute atomic E-state index is 0.136. The Morgan fingerprint density at radius 3 is 2.71 bits per heavy atom. The number of pyridine rings is 1. The number of ether oxygens (including phenoxy) is 1. The summed E-state index contributed by atoms with van der Waals surface area (Å²) in [6.45, 7) is 5.05. The highest BCUT2D eigenvalue weighted by atomic mass is 16.5. The van der Waals surface area contributed by atoms with Gasteiger partial charge in [0.15, 0.2) is 0 Å². The number of aromatic hydroxyl groups is 1. The third kappa shape index (κ3) is 3.11. The first-order valence-electron chi connectivity index (χ1n) is 7.11. The molecule has 2 aromatic rings. The highest BCUT2D eigenvalue weighted by molar-refractivity contribution is 5.61. The van der Waals surface area contributed by atoms with E-state index in [0.29, 0.717) is 13.2 Å². The van der Waals surface area contributed by atoms with Gasteiger partial charge in [0.2, 0.25) is 5.95 Å². The maximum atomic E-state index is 9.59. The second kappa shape index (κ2) is 6.05. The Bertz CT molecular complexity index is 627. The van der Waals surface area contributed by atoms with E-state index in [1.807, 2.05) is 6.07 Å². The van der Waals surface area contributed by atoms with E-state index in [-0.39, 0.29) is 5.75 Å². The molecule has 1 aliphatic rings. The van der Waals surface area contributed by atoms with Gasteiger partial charge in [0.1, 0.15) is 5.75 Å². The molecule has 0 saturated carbocycles. The molecular formula is C15H18N4O2. The van der Waals surface area contributed by atoms with E-state index in [0.717, 1.165) is 42.4 Å². The fourth-order valence-corrected chi connectivity index (χ4v) is 2.29. The van der Waals surface area contributed by atoms with Crippen LogP contribution in [-0.2, 0) is 11.2 Å². The van der Waals surface area contributed by atoms with Crippen LogP contribution < -0.4 is 4.90 Å². The minimum Gasteiger partial charge on any atom is -0.506 e. The Balaban J connectivity index is 2.00. The van der Waals surface area contributed by atoms with E-state index in [1.165, 1.54) is 6.20 Å². The topological polar surface area (TPSA) is 71.4 Å². The van der Waals surface area contributed by atoms with E-state index < -0.39 is 0 Å². The van der Waals surface area contributed by atoms with Gasteiger partial charge in [0, 0.05) is 30.5 Å². The van der Waals surface area contributed by atoms with E-state index in [2.05, 4.69) is 26.8 Å². The second-order valence-corrected chi connectivity index (χ2v) is 4.93. The molecule has 0 bridgehead atoms. The molecule has 1 saturated heterocycles. The number of aromatic nitrogens is 3. The molecule has 0 radical (unpaired) electrons. The van der Waals surface area contributed by atoms with Crippen molar-refractivity contribution in [3.05, 3.63) is 30.2 Å². The summed E-state index contributed by atoms with van der Waals surface area (Å²) < 4.78 is 5.37. The van der Waals surface area contributed by atoms with Crippen molar-refractivity contribution in [2.75, 3.05) is 31.2 Å². The van der Waals surface area contributed by atoms with E-state index in [1.54, 1.807) is 12.3 Å². The third-order valence-corrected chi connectivity index (χ3v) is 3.44. The maximum absolute atomic E-state index is 9.59. The van der Waals surface area contributed by atoms with Crippen LogP contribution in [0.15, 0.2) is 24.5 Å². The molecule has 0 aliphatic carbocycles. The van der Waals surface area contributed by atoms with Gasteiger partial charge in [-0.3, -0.25) is 4.98 Å². The summed E-state index contributed by atoms with van der Waals surface area (Å²) in [5, 5.41) is 9.59. The van der Waals surface area contributed by atoms with Crippen LogP contribution in [0.4, 0.5) is 5.95 Å². The highest BCUT2D eigenvalue weighted by Crippen LogP contribution is 2.23. The van der Waals surface area contributed by atoms with Crippen molar-refractivity contribution in [2.45, 2.75) is 13.3 Å². The van der Waals surface area contributed by atoms with Crippen LogP contribution in [0.5, 0.6) is 5.75 Å². The second-order valence-electron chi connectivity index (χ2n) is 4.93. The van der Waals surface area contributed by atoms with Gasteiger partial charge in [-0.05, 0) is 18.6 Å². The van der Waals surface area contributed by atoms with Gasteiger partial charge in [0.05, 0.1) is 25.1 Å². The quantitative estimate of drug-likeness (QED) is 0.925. The number of rotatable bonds is 3. The van der Waals surface area contributed by atoms with Crippen LogP contribution in [0.2, 0.25) is 0 Å². The minimum atomic E-state index is 0.136. The molecule has 0 spiro atoms. The number of aryl methyl sites for hydroxylation is 1. The Kier molecular flexibility index (Phi) is 3.96. The van der Waals surface area contributed by atoms with Crippen molar-refractivity contribution < 1.29 is 9.84 Å². The van der Waals surface area contributed by atoms with Crippen LogP contribution in [0.25, 0.3) is 11.3 Å². The molecule has 2 aromatic heterocycles. The van der Waals surface area contributed by atoms with Gasteiger partial charge in [-0.25, -0.2) is 9.97 Å². The van der Waals surface area contributed by atoms with E-state index >= 15 is 0 Å². The summed E-state index contributed by atoms with van der Waals surface area (Å²) in [5.74, 6) is 0.855. The summed E-state index contributed by atoms with van der Waals surface area (Å²) in [6.07, 6.45) is 3.94. The lowest BCUT2D eigenvalue weighted by Gasteiger charge is -2.27. The summed E-state index contributed by atoms with van der Waals surface area (Å²) in [5.41, 5.74) is 2.55. The lowest BCUT2D eigenvalue weighted by Crippen LogP contribution is -2.37. The molecule has 1 fully saturated rings. The van der Waals surface area contributed by atoms with E-state index in [9.17, 15) is 5.11 Å². The van der Waals surface area contributed by atoms with Crippen LogP contribution in [0, 0.1) is 0 Å². The number of hydrogen-bond donors (Lipinski definition) is 1. The van der Waals surface area contributed by atoms with Crippen molar-refractivity contribution in [1.29, 1.82) is 0 Å². The molecule has 110 valence electrons. The van der Waals surface area contributed by atoms with Gasteiger partial charge >= 0.3 is 0 Å². The molecule has 0 aromatic carbocycles. The maximum Gasteiger partial charge on any atom is 0.226 e. The summed E-state index contributed by atoms with van der Waals surface area (Å²) in [7, 11) is 0. The fraction of sp³-hybridized carbons (Fsp3) is 0.400. The van der Waals surface area contributed by atoms with Crippen molar-refractivity contribution in [3.8, 4) is 17.0 Å². The molecular weight excluding hydrogens is 268 g/mol. The molecule has 0 unspecified atom stereocenters. The summed E-state index contributed by atoms with van der Waals surface area (Å²) in [6, 6.07) is 3.61. The average Bonchev–Trinajstić information content (AvgIpc) is 2.55. The standard InChI is InChI=1S/C15H18N4O2/c1-2-12-8-14(11-7-13(20)10-16-9-11)18-15(17-12)19-3-5-21-6-4-19/h7-10,20H,2-6H2,1H3. The Labute approximate surface area is 123 Å². The Morgan fingerprint density at radius 2 is 2.00 bits per heavy atom. The summed E-state index contributed by atoms with van der Waals surface area (Å²) >= 11 is 0. The van der Waals surface area contributed by atoms with Gasteiger partial charge in [0.25, 0.3) is 0 Å². The molecule has 0 atom stereocenters. The zero-order valence-corrected chi connectivity index (χ0v) is 12.0. The molecule has 21 heavy (non-hydrogen) atoms. The number of morpholine rings is 1. The molecule has 0 amide bonds. The van der Waals surface area contributed by atoms with Crippen LogP contribution >= 0.6 is 0 Å². The SMILES string of the molecule is CCc1cc(-c2cncc(O)c2)nc(N2CCOCC2)n1. The van der Waals surface area contributed by atoms with Crippen molar-refractivity contribution in [1.82, 2.24) is 15.0 Å². The monoisotopic (exact) mass is 286 g/mol. The number of hydrogen-bond acceptors (Lipinski definition) is 6. The van der Waals surface area contributed by atoms with E-state index in [4.69, 9.17) is 4.74 Å². The third-order valence-electron chi connectivity index (χ3n) is 3.44. The fourth-order valence-electron chi connectivity index (χ4n) is 2.29. The van der Waals surface area contributed by atoms with Crippen molar-refractivity contribution in [2.24, 2.45) is 0 Å². The zero-order valence-electron chi connectivity index (χ0n) is 12.0. The summed E-state index contributed by atoms with van der Waals surface area (Å²) in [4.78, 5) is 15.4. The van der Waals surface area contributed by atoms with Crippen LogP contribution in [-0.4, -0.2) is 46.4 Å². The molecule has 3 heterocycles. The lowest BCUT2D eigenvalue weighted by molar-refractivity contribution is 0.122. The number of nitrogens with zero attached hydrogens (tertiary/aromatic N) is 4. The lowest BCUT2D eigenvalue weighted by atomic mass is 10.1. The smallest absolute Gasteiger partial charge is 0.226 e. The predicted octanol–water partition coefficient (Wildman–Crippen LogP) is 1.64. The zero-order chi connectivity index (χ0) is 14.7. The average molecular weight is 286 g/mol. The normalized spacial score (nSPS) is 15.2. The largest absolute Gasteiger partial charge is 0.506 e. The Morgan fingerprint density at radius 1 is 1.19 bits per heavy atom. The van der Waals surface area contributed by atoms with Crippen LogP contribution in [0.3, 0.4) is 0 Å².